The number of halogens is 1. The van der Waals surface area contributed by atoms with E-state index in [1.807, 2.05) is 19.2 Å². The van der Waals surface area contributed by atoms with Gasteiger partial charge in [0.2, 0.25) is 0 Å². The molecule has 2 aliphatic rings. The highest BCUT2D eigenvalue weighted by molar-refractivity contribution is 5.72. The van der Waals surface area contributed by atoms with Crippen LogP contribution in [0.3, 0.4) is 0 Å². The maximum absolute atomic E-state index is 14.3. The molecule has 0 radical (unpaired) electrons. The summed E-state index contributed by atoms with van der Waals surface area (Å²) in [5, 5.41) is 4.24. The van der Waals surface area contributed by atoms with E-state index in [4.69, 9.17) is 4.52 Å². The van der Waals surface area contributed by atoms with E-state index < -0.39 is 0 Å². The average Bonchev–Trinajstić information content (AvgIpc) is 3.04. The first-order chi connectivity index (χ1) is 14.5. The van der Waals surface area contributed by atoms with Crippen molar-refractivity contribution in [2.45, 2.75) is 52.4 Å². The molecule has 2 fully saturated rings. The second-order valence-corrected chi connectivity index (χ2v) is 9.21. The lowest BCUT2D eigenvalue weighted by molar-refractivity contribution is 0.0894. The molecule has 156 valence electrons. The molecule has 1 saturated heterocycles. The van der Waals surface area contributed by atoms with Crippen LogP contribution < -0.4 is 4.90 Å². The van der Waals surface area contributed by atoms with Crippen LogP contribution in [0.1, 0.15) is 61.6 Å². The van der Waals surface area contributed by atoms with E-state index in [1.54, 1.807) is 12.4 Å². The zero-order chi connectivity index (χ0) is 20.9. The lowest BCUT2D eigenvalue weighted by atomic mass is 9.63. The second kappa shape index (κ2) is 7.18. The molecule has 5 nitrogen and oxygen atoms in total. The molecule has 1 saturated carbocycles. The third-order valence-electron chi connectivity index (χ3n) is 6.69. The minimum Gasteiger partial charge on any atom is -0.361 e. The van der Waals surface area contributed by atoms with Gasteiger partial charge >= 0.3 is 0 Å². The molecule has 30 heavy (non-hydrogen) atoms. The minimum atomic E-state index is -0.261. The van der Waals surface area contributed by atoms with Crippen LogP contribution in [0.4, 0.5) is 10.2 Å². The van der Waals surface area contributed by atoms with Gasteiger partial charge in [-0.25, -0.2) is 14.4 Å². The highest BCUT2D eigenvalue weighted by Gasteiger charge is 2.48. The Morgan fingerprint density at radius 2 is 2.00 bits per heavy atom. The second-order valence-electron chi connectivity index (χ2n) is 9.21. The molecule has 0 unspecified atom stereocenters. The van der Waals surface area contributed by atoms with Gasteiger partial charge in [0.1, 0.15) is 23.7 Å². The average molecular weight is 407 g/mol. The maximum atomic E-state index is 14.3. The van der Waals surface area contributed by atoms with E-state index in [9.17, 15) is 4.39 Å². The van der Waals surface area contributed by atoms with Gasteiger partial charge in [-0.05, 0) is 48.9 Å². The summed E-state index contributed by atoms with van der Waals surface area (Å²) < 4.78 is 19.7. The first-order valence-electron chi connectivity index (χ1n) is 10.7. The molecular formula is C24H27FN4O. The number of hydrogen-bond donors (Lipinski definition) is 0. The van der Waals surface area contributed by atoms with Crippen LogP contribution >= 0.6 is 0 Å². The van der Waals surface area contributed by atoms with Crippen LogP contribution in [0.2, 0.25) is 0 Å². The standard InChI is InChI=1S/C24H27FN4O/c1-15(2)22-21(16(3)30-28-22)20-10-19(25)6-5-17(20)9-18-11-26-14-27-23(18)29-12-24(13-29)7-4-8-24/h5-6,10-11,14-15H,4,7-9,12-13H2,1-3H3. The number of rotatable bonds is 5. The highest BCUT2D eigenvalue weighted by Crippen LogP contribution is 2.49. The van der Waals surface area contributed by atoms with Gasteiger partial charge in [0.05, 0.1) is 5.69 Å². The SMILES string of the molecule is Cc1onc(C(C)C)c1-c1cc(F)ccc1Cc1cncnc1N1CC2(CCC2)C1. The predicted molar refractivity (Wildman–Crippen MR) is 114 cm³/mol. The van der Waals surface area contributed by atoms with Crippen LogP contribution in [0.15, 0.2) is 35.2 Å². The monoisotopic (exact) mass is 406 g/mol. The fourth-order valence-corrected chi connectivity index (χ4v) is 4.92. The van der Waals surface area contributed by atoms with Crippen molar-refractivity contribution in [3.8, 4) is 11.1 Å². The molecule has 1 aliphatic heterocycles. The number of aryl methyl sites for hydroxylation is 1. The van der Waals surface area contributed by atoms with Crippen molar-refractivity contribution >= 4 is 5.82 Å². The third-order valence-corrected chi connectivity index (χ3v) is 6.69. The molecule has 1 aromatic carbocycles. The number of benzene rings is 1. The number of aromatic nitrogens is 3. The maximum Gasteiger partial charge on any atom is 0.141 e. The predicted octanol–water partition coefficient (Wildman–Crippen LogP) is 5.28. The summed E-state index contributed by atoms with van der Waals surface area (Å²) in [5.41, 5.74) is 5.22. The zero-order valence-corrected chi connectivity index (χ0v) is 17.8. The largest absolute Gasteiger partial charge is 0.361 e. The van der Waals surface area contributed by atoms with E-state index in [0.717, 1.165) is 46.9 Å². The Morgan fingerprint density at radius 1 is 1.20 bits per heavy atom. The normalized spacial score (nSPS) is 17.3. The smallest absolute Gasteiger partial charge is 0.141 e. The van der Waals surface area contributed by atoms with Crippen molar-refractivity contribution in [2.75, 3.05) is 18.0 Å². The summed E-state index contributed by atoms with van der Waals surface area (Å²) in [6.45, 7) is 8.19. The fourth-order valence-electron chi connectivity index (χ4n) is 4.92. The van der Waals surface area contributed by atoms with E-state index >= 15 is 0 Å². The van der Waals surface area contributed by atoms with Gasteiger partial charge in [0.25, 0.3) is 0 Å². The van der Waals surface area contributed by atoms with Gasteiger partial charge in [-0.2, -0.15) is 0 Å². The Hall–Kier alpha value is -2.76. The third kappa shape index (κ3) is 3.18. The van der Waals surface area contributed by atoms with Gasteiger partial charge in [0, 0.05) is 42.2 Å². The summed E-state index contributed by atoms with van der Waals surface area (Å²) in [6, 6.07) is 4.98. The van der Waals surface area contributed by atoms with E-state index in [1.165, 1.54) is 25.3 Å². The molecule has 1 aliphatic carbocycles. The Morgan fingerprint density at radius 3 is 2.70 bits per heavy atom. The van der Waals surface area contributed by atoms with Crippen LogP contribution in [0.5, 0.6) is 0 Å². The Kier molecular flexibility index (Phi) is 4.60. The molecule has 2 aromatic heterocycles. The zero-order valence-electron chi connectivity index (χ0n) is 17.8. The number of anilines is 1. The molecule has 3 heterocycles. The van der Waals surface area contributed by atoms with Crippen molar-refractivity contribution in [2.24, 2.45) is 5.41 Å². The Labute approximate surface area is 176 Å². The van der Waals surface area contributed by atoms with Gasteiger partial charge < -0.3 is 9.42 Å². The molecule has 0 atom stereocenters. The molecule has 5 rings (SSSR count). The lowest BCUT2D eigenvalue weighted by Gasteiger charge is -2.56. The summed E-state index contributed by atoms with van der Waals surface area (Å²) in [5.74, 6) is 1.64. The van der Waals surface area contributed by atoms with Crippen LogP contribution in [-0.4, -0.2) is 28.2 Å². The van der Waals surface area contributed by atoms with E-state index in [2.05, 4.69) is 33.9 Å². The number of nitrogens with zero attached hydrogens (tertiary/aromatic N) is 4. The van der Waals surface area contributed by atoms with Crippen molar-refractivity contribution in [3.05, 3.63) is 59.1 Å². The summed E-state index contributed by atoms with van der Waals surface area (Å²) >= 11 is 0. The van der Waals surface area contributed by atoms with Gasteiger partial charge in [-0.3, -0.25) is 0 Å². The van der Waals surface area contributed by atoms with E-state index in [-0.39, 0.29) is 11.7 Å². The van der Waals surface area contributed by atoms with Gasteiger partial charge in [0.15, 0.2) is 0 Å². The van der Waals surface area contributed by atoms with E-state index in [0.29, 0.717) is 17.6 Å². The Balaban J connectivity index is 1.51. The van der Waals surface area contributed by atoms with Crippen molar-refractivity contribution in [1.29, 1.82) is 0 Å². The van der Waals surface area contributed by atoms with Gasteiger partial charge in [-0.15, -0.1) is 0 Å². The molecule has 0 bridgehead atoms. The van der Waals surface area contributed by atoms with Crippen molar-refractivity contribution < 1.29 is 8.91 Å². The number of hydrogen-bond acceptors (Lipinski definition) is 5. The quantitative estimate of drug-likeness (QED) is 0.577. The fraction of sp³-hybridized carbons (Fsp3) is 0.458. The van der Waals surface area contributed by atoms with Crippen molar-refractivity contribution in [1.82, 2.24) is 15.1 Å². The first kappa shape index (κ1) is 19.2. The van der Waals surface area contributed by atoms with Crippen LogP contribution in [0, 0.1) is 18.2 Å². The molecule has 1 spiro atoms. The first-order valence-corrected chi connectivity index (χ1v) is 10.7. The molecule has 3 aromatic rings. The summed E-state index contributed by atoms with van der Waals surface area (Å²) in [7, 11) is 0. The summed E-state index contributed by atoms with van der Waals surface area (Å²) in [6.07, 6.45) is 8.16. The molecule has 6 heteroatoms. The van der Waals surface area contributed by atoms with Gasteiger partial charge in [-0.1, -0.05) is 31.5 Å². The summed E-state index contributed by atoms with van der Waals surface area (Å²) in [4.78, 5) is 11.3. The van der Waals surface area contributed by atoms with Crippen LogP contribution in [0.25, 0.3) is 11.1 Å². The molecule has 0 N–H and O–H groups in total. The van der Waals surface area contributed by atoms with Crippen molar-refractivity contribution in [3.63, 3.8) is 0 Å². The topological polar surface area (TPSA) is 55.1 Å². The molecular weight excluding hydrogens is 379 g/mol. The van der Waals surface area contributed by atoms with Crippen LogP contribution in [-0.2, 0) is 6.42 Å². The highest BCUT2D eigenvalue weighted by atomic mass is 19.1. The lowest BCUT2D eigenvalue weighted by Crippen LogP contribution is -2.60. The molecule has 0 amide bonds. The minimum absolute atomic E-state index is 0.184. The Bertz CT molecular complexity index is 1080.